The Kier molecular flexibility index (Phi) is 3.29. The van der Waals surface area contributed by atoms with E-state index in [1.807, 2.05) is 0 Å². The van der Waals surface area contributed by atoms with Gasteiger partial charge in [-0.2, -0.15) is 0 Å². The van der Waals surface area contributed by atoms with Crippen molar-refractivity contribution in [2.45, 2.75) is 13.8 Å². The molecule has 0 aliphatic rings. The van der Waals surface area contributed by atoms with Crippen molar-refractivity contribution in [1.29, 1.82) is 0 Å². The van der Waals surface area contributed by atoms with Crippen molar-refractivity contribution >= 4 is 7.92 Å². The van der Waals surface area contributed by atoms with Gasteiger partial charge in [-0.05, 0) is 27.2 Å². The van der Waals surface area contributed by atoms with Gasteiger partial charge >= 0.3 is 0 Å². The van der Waals surface area contributed by atoms with Crippen LogP contribution in [0.2, 0.25) is 0 Å². The largest absolute Gasteiger partial charge is 0.0868 e. The summed E-state index contributed by atoms with van der Waals surface area (Å²) in [4.78, 5) is 0. The summed E-state index contributed by atoms with van der Waals surface area (Å²) in [6.45, 7) is 8.82. The molecule has 0 aromatic heterocycles. The molecular weight excluding hydrogens is 103 g/mol. The van der Waals surface area contributed by atoms with Gasteiger partial charge in [-0.1, -0.05) is 19.3 Å². The van der Waals surface area contributed by atoms with Crippen LogP contribution in [-0.4, -0.2) is 13.3 Å². The van der Waals surface area contributed by atoms with Crippen LogP contribution in [0.5, 0.6) is 0 Å². The first kappa shape index (κ1) is 7.17. The van der Waals surface area contributed by atoms with Crippen LogP contribution < -0.4 is 0 Å². The lowest BCUT2D eigenvalue weighted by molar-refractivity contribution is 1.58. The molecule has 0 N–H and O–H groups in total. The van der Waals surface area contributed by atoms with Crippen LogP contribution in [0, 0.1) is 0 Å². The Labute approximate surface area is 47.4 Å². The zero-order valence-corrected chi connectivity index (χ0v) is 6.42. The third kappa shape index (κ3) is 2.82. The molecule has 42 valence electrons. The Balaban J connectivity index is 3.56. The number of allylic oxidation sites excluding steroid dienone is 2. The minimum Gasteiger partial charge on any atom is -0.0868 e. The Morgan fingerprint density at radius 3 is 1.86 bits per heavy atom. The molecule has 1 heteroatoms. The topological polar surface area (TPSA) is 0 Å². The SMILES string of the molecule is CC=C(C)P(C)C. The number of rotatable bonds is 1. The second-order valence-corrected chi connectivity index (χ2v) is 4.32. The lowest BCUT2D eigenvalue weighted by Crippen LogP contribution is -1.66. The van der Waals surface area contributed by atoms with Crippen LogP contribution in [-0.2, 0) is 0 Å². The van der Waals surface area contributed by atoms with E-state index in [0.717, 1.165) is 0 Å². The van der Waals surface area contributed by atoms with Gasteiger partial charge in [0.2, 0.25) is 0 Å². The molecule has 0 heterocycles. The Morgan fingerprint density at radius 1 is 1.43 bits per heavy atom. The predicted octanol–water partition coefficient (Wildman–Crippen LogP) is 2.65. The Hall–Kier alpha value is 0.170. The maximum absolute atomic E-state index is 2.27. The van der Waals surface area contributed by atoms with Gasteiger partial charge in [0.1, 0.15) is 0 Å². The second kappa shape index (κ2) is 3.21. The first-order valence-electron chi connectivity index (χ1n) is 2.48. The summed E-state index contributed by atoms with van der Waals surface area (Å²) in [6, 6.07) is 0. The first-order chi connectivity index (χ1) is 3.18. The Bertz CT molecular complexity index is 72.2. The zero-order valence-electron chi connectivity index (χ0n) is 5.52. The average Bonchev–Trinajstić information content (AvgIpc) is 1.65. The summed E-state index contributed by atoms with van der Waals surface area (Å²) in [5.41, 5.74) is 0. The van der Waals surface area contributed by atoms with E-state index >= 15 is 0 Å². The highest BCUT2D eigenvalue weighted by atomic mass is 31.1. The lowest BCUT2D eigenvalue weighted by Gasteiger charge is -2.01. The van der Waals surface area contributed by atoms with Gasteiger partial charge in [0, 0.05) is 0 Å². The van der Waals surface area contributed by atoms with Gasteiger partial charge in [0.15, 0.2) is 0 Å². The van der Waals surface area contributed by atoms with Gasteiger partial charge in [0.25, 0.3) is 0 Å². The molecule has 0 aromatic carbocycles. The van der Waals surface area contributed by atoms with E-state index in [9.17, 15) is 0 Å². The highest BCUT2D eigenvalue weighted by molar-refractivity contribution is 7.60. The lowest BCUT2D eigenvalue weighted by atomic mass is 10.6. The Morgan fingerprint density at radius 2 is 1.86 bits per heavy atom. The molecule has 7 heavy (non-hydrogen) atoms. The molecule has 0 saturated heterocycles. The van der Waals surface area contributed by atoms with E-state index in [4.69, 9.17) is 0 Å². The minimum absolute atomic E-state index is 0.199. The number of hydrogen-bond donors (Lipinski definition) is 0. The van der Waals surface area contributed by atoms with Crippen LogP contribution in [0.25, 0.3) is 0 Å². The van der Waals surface area contributed by atoms with Crippen molar-refractivity contribution in [2.75, 3.05) is 13.3 Å². The maximum atomic E-state index is 2.27. The summed E-state index contributed by atoms with van der Waals surface area (Å²) in [6.07, 6.45) is 2.19. The third-order valence-corrected chi connectivity index (χ3v) is 2.79. The van der Waals surface area contributed by atoms with Crippen molar-refractivity contribution < 1.29 is 0 Å². The summed E-state index contributed by atoms with van der Waals surface area (Å²) in [5, 5.41) is 1.54. The van der Waals surface area contributed by atoms with Crippen molar-refractivity contribution in [3.8, 4) is 0 Å². The number of hydrogen-bond acceptors (Lipinski definition) is 0. The van der Waals surface area contributed by atoms with Gasteiger partial charge in [-0.3, -0.25) is 0 Å². The van der Waals surface area contributed by atoms with Crippen LogP contribution >= 0.6 is 7.92 Å². The summed E-state index contributed by atoms with van der Waals surface area (Å²) in [7, 11) is 0.199. The molecule has 0 bridgehead atoms. The van der Waals surface area contributed by atoms with E-state index in [-0.39, 0.29) is 7.92 Å². The van der Waals surface area contributed by atoms with E-state index in [2.05, 4.69) is 33.3 Å². The normalized spacial score (nSPS) is 13.0. The molecule has 0 amide bonds. The van der Waals surface area contributed by atoms with Gasteiger partial charge < -0.3 is 0 Å². The molecule has 0 aliphatic carbocycles. The molecule has 0 radical (unpaired) electrons. The molecule has 0 nitrogen and oxygen atoms in total. The molecule has 0 saturated carbocycles. The van der Waals surface area contributed by atoms with Crippen LogP contribution in [0.4, 0.5) is 0 Å². The first-order valence-corrected chi connectivity index (χ1v) is 4.72. The fourth-order valence-corrected chi connectivity index (χ4v) is 0.775. The molecule has 0 aliphatic heterocycles. The van der Waals surface area contributed by atoms with Crippen molar-refractivity contribution in [3.05, 3.63) is 11.4 Å². The zero-order chi connectivity index (χ0) is 5.86. The van der Waals surface area contributed by atoms with E-state index in [1.54, 1.807) is 0 Å². The highest BCUT2D eigenvalue weighted by Gasteiger charge is 1.89. The molecule has 0 aromatic rings. The quantitative estimate of drug-likeness (QED) is 0.462. The third-order valence-electron chi connectivity index (χ3n) is 1.12. The van der Waals surface area contributed by atoms with Gasteiger partial charge in [0.05, 0.1) is 0 Å². The standard InChI is InChI=1S/C6H13P/c1-5-6(2)7(3)4/h5H,1-4H3. The van der Waals surface area contributed by atoms with Crippen molar-refractivity contribution in [2.24, 2.45) is 0 Å². The summed E-state index contributed by atoms with van der Waals surface area (Å²) in [5.74, 6) is 0. The fraction of sp³-hybridized carbons (Fsp3) is 0.667. The van der Waals surface area contributed by atoms with Crippen LogP contribution in [0.15, 0.2) is 11.4 Å². The molecule has 0 atom stereocenters. The highest BCUT2D eigenvalue weighted by Crippen LogP contribution is 2.34. The average molecular weight is 116 g/mol. The van der Waals surface area contributed by atoms with E-state index < -0.39 is 0 Å². The van der Waals surface area contributed by atoms with Crippen molar-refractivity contribution in [1.82, 2.24) is 0 Å². The molecule has 0 unspecified atom stereocenters. The molecule has 0 rings (SSSR count). The molecule has 0 spiro atoms. The molecule has 0 fully saturated rings. The van der Waals surface area contributed by atoms with E-state index in [0.29, 0.717) is 0 Å². The van der Waals surface area contributed by atoms with Gasteiger partial charge in [-0.25, -0.2) is 0 Å². The van der Waals surface area contributed by atoms with Crippen molar-refractivity contribution in [3.63, 3.8) is 0 Å². The summed E-state index contributed by atoms with van der Waals surface area (Å²) < 4.78 is 0. The van der Waals surface area contributed by atoms with Gasteiger partial charge in [-0.15, -0.1) is 0 Å². The smallest absolute Gasteiger partial charge is 0.0397 e. The van der Waals surface area contributed by atoms with Crippen LogP contribution in [0.1, 0.15) is 13.8 Å². The molecular formula is C6H13P. The fourth-order valence-electron chi connectivity index (χ4n) is 0.258. The maximum Gasteiger partial charge on any atom is -0.0397 e. The second-order valence-electron chi connectivity index (χ2n) is 1.82. The minimum atomic E-state index is 0.199. The monoisotopic (exact) mass is 116 g/mol. The predicted molar refractivity (Wildman–Crippen MR) is 38.2 cm³/mol. The van der Waals surface area contributed by atoms with Crippen LogP contribution in [0.3, 0.4) is 0 Å². The summed E-state index contributed by atoms with van der Waals surface area (Å²) >= 11 is 0. The van der Waals surface area contributed by atoms with E-state index in [1.165, 1.54) is 5.31 Å².